The van der Waals surface area contributed by atoms with Gasteiger partial charge in [-0.1, -0.05) is 38.7 Å². The van der Waals surface area contributed by atoms with Gasteiger partial charge < -0.3 is 4.74 Å². The van der Waals surface area contributed by atoms with Crippen LogP contribution in [0.2, 0.25) is 0 Å². The molecule has 2 saturated carbocycles. The lowest BCUT2D eigenvalue weighted by Crippen LogP contribution is -2.33. The van der Waals surface area contributed by atoms with E-state index in [0.29, 0.717) is 12.0 Å². The van der Waals surface area contributed by atoms with Crippen LogP contribution in [0.4, 0.5) is 4.39 Å². The molecule has 0 bridgehead atoms. The van der Waals surface area contributed by atoms with Crippen molar-refractivity contribution in [2.45, 2.75) is 102 Å². The summed E-state index contributed by atoms with van der Waals surface area (Å²) in [4.78, 5) is 0. The van der Waals surface area contributed by atoms with Gasteiger partial charge in [-0.25, -0.2) is 4.39 Å². The molecular formula is C26H39FO. The Kier molecular flexibility index (Phi) is 6.76. The third-order valence-corrected chi connectivity index (χ3v) is 8.20. The highest BCUT2D eigenvalue weighted by Crippen LogP contribution is 2.47. The zero-order valence-electron chi connectivity index (χ0n) is 18.0. The fourth-order valence-electron chi connectivity index (χ4n) is 6.46. The average Bonchev–Trinajstić information content (AvgIpc) is 2.72. The normalized spacial score (nSPS) is 32.6. The van der Waals surface area contributed by atoms with Crippen LogP contribution in [0, 0.1) is 23.6 Å². The summed E-state index contributed by atoms with van der Waals surface area (Å²) >= 11 is 0. The van der Waals surface area contributed by atoms with Crippen molar-refractivity contribution in [3.63, 3.8) is 0 Å². The molecule has 3 aliphatic rings. The Hall–Kier alpha value is -0.890. The Morgan fingerprint density at radius 1 is 0.964 bits per heavy atom. The molecule has 0 spiro atoms. The molecule has 0 aromatic heterocycles. The standard InChI is InChI=1S/C26H39FO/c1-3-4-5-6-18-7-8-21-16-25(26(27)17-23(21)13-18)22-10-9-20-15-24(28-2)12-11-19(20)14-22/h16-20,22,24H,3-15H2,1-2H3. The Labute approximate surface area is 171 Å². The van der Waals surface area contributed by atoms with Crippen molar-refractivity contribution in [3.8, 4) is 0 Å². The van der Waals surface area contributed by atoms with E-state index in [1.54, 1.807) is 0 Å². The molecule has 2 heteroatoms. The van der Waals surface area contributed by atoms with Crippen LogP contribution < -0.4 is 0 Å². The van der Waals surface area contributed by atoms with Gasteiger partial charge in [0.2, 0.25) is 0 Å². The van der Waals surface area contributed by atoms with Crippen molar-refractivity contribution in [2.24, 2.45) is 17.8 Å². The molecule has 1 nitrogen and oxygen atoms in total. The molecule has 28 heavy (non-hydrogen) atoms. The van der Waals surface area contributed by atoms with E-state index in [1.165, 1.54) is 75.3 Å². The summed E-state index contributed by atoms with van der Waals surface area (Å²) in [6.07, 6.45) is 16.6. The smallest absolute Gasteiger partial charge is 0.126 e. The van der Waals surface area contributed by atoms with Crippen molar-refractivity contribution >= 4 is 0 Å². The lowest BCUT2D eigenvalue weighted by molar-refractivity contribution is 0.0121. The summed E-state index contributed by atoms with van der Waals surface area (Å²) in [6.45, 7) is 2.27. The fraction of sp³-hybridized carbons (Fsp3) is 0.769. The van der Waals surface area contributed by atoms with Gasteiger partial charge in [0, 0.05) is 7.11 Å². The first kappa shape index (κ1) is 20.4. The number of ether oxygens (including phenoxy) is 1. The van der Waals surface area contributed by atoms with Crippen molar-refractivity contribution in [3.05, 3.63) is 34.6 Å². The Morgan fingerprint density at radius 3 is 2.61 bits per heavy atom. The molecule has 5 unspecified atom stereocenters. The van der Waals surface area contributed by atoms with Gasteiger partial charge >= 0.3 is 0 Å². The fourth-order valence-corrected chi connectivity index (χ4v) is 6.46. The number of benzene rings is 1. The van der Waals surface area contributed by atoms with Gasteiger partial charge in [0.25, 0.3) is 0 Å². The molecule has 0 heterocycles. The van der Waals surface area contributed by atoms with E-state index < -0.39 is 0 Å². The van der Waals surface area contributed by atoms with E-state index in [9.17, 15) is 0 Å². The van der Waals surface area contributed by atoms with Gasteiger partial charge in [0.15, 0.2) is 0 Å². The monoisotopic (exact) mass is 386 g/mol. The van der Waals surface area contributed by atoms with Crippen molar-refractivity contribution < 1.29 is 9.13 Å². The molecule has 156 valence electrons. The minimum absolute atomic E-state index is 0.0852. The number of aryl methyl sites for hydroxylation is 1. The van der Waals surface area contributed by atoms with E-state index in [0.717, 1.165) is 42.6 Å². The molecule has 1 aromatic rings. The van der Waals surface area contributed by atoms with Crippen LogP contribution in [0.1, 0.15) is 100 Å². The van der Waals surface area contributed by atoms with Gasteiger partial charge in [0.05, 0.1) is 6.10 Å². The maximum Gasteiger partial charge on any atom is 0.126 e. The molecule has 0 aliphatic heterocycles. The van der Waals surface area contributed by atoms with Crippen LogP contribution in [0.5, 0.6) is 0 Å². The zero-order valence-corrected chi connectivity index (χ0v) is 18.0. The summed E-state index contributed by atoms with van der Waals surface area (Å²) in [5, 5.41) is 0. The molecule has 5 atom stereocenters. The highest BCUT2D eigenvalue weighted by molar-refractivity contribution is 5.37. The molecule has 0 amide bonds. The summed E-state index contributed by atoms with van der Waals surface area (Å²) in [5.41, 5.74) is 3.80. The van der Waals surface area contributed by atoms with Crippen molar-refractivity contribution in [1.82, 2.24) is 0 Å². The molecule has 1 aromatic carbocycles. The van der Waals surface area contributed by atoms with Crippen LogP contribution in [-0.2, 0) is 17.6 Å². The summed E-state index contributed by atoms with van der Waals surface area (Å²) in [5.74, 6) is 2.88. The third-order valence-electron chi connectivity index (χ3n) is 8.20. The first-order valence-electron chi connectivity index (χ1n) is 12.0. The van der Waals surface area contributed by atoms with Gasteiger partial charge in [-0.15, -0.1) is 0 Å². The van der Waals surface area contributed by atoms with Crippen LogP contribution in [0.15, 0.2) is 12.1 Å². The average molecular weight is 387 g/mol. The number of halogens is 1. The number of fused-ring (bicyclic) bond motifs is 2. The van der Waals surface area contributed by atoms with Gasteiger partial charge in [-0.05, 0) is 104 Å². The molecule has 0 saturated heterocycles. The maximum atomic E-state index is 15.1. The first-order chi connectivity index (χ1) is 13.7. The Balaban J connectivity index is 1.41. The minimum atomic E-state index is 0.0852. The zero-order chi connectivity index (χ0) is 19.5. The lowest BCUT2D eigenvalue weighted by atomic mass is 9.65. The second-order valence-corrected chi connectivity index (χ2v) is 9.95. The van der Waals surface area contributed by atoms with Crippen LogP contribution in [0.25, 0.3) is 0 Å². The molecule has 4 rings (SSSR count). The summed E-state index contributed by atoms with van der Waals surface area (Å²) in [7, 11) is 1.85. The van der Waals surface area contributed by atoms with Crippen molar-refractivity contribution in [2.75, 3.05) is 7.11 Å². The van der Waals surface area contributed by atoms with Gasteiger partial charge in [-0.3, -0.25) is 0 Å². The van der Waals surface area contributed by atoms with Crippen molar-refractivity contribution in [1.29, 1.82) is 0 Å². The number of hydrogen-bond acceptors (Lipinski definition) is 1. The molecule has 2 fully saturated rings. The second-order valence-electron chi connectivity index (χ2n) is 9.95. The molecule has 0 N–H and O–H groups in total. The SMILES string of the molecule is CCCCCC1CCc2cc(C3CCC4CC(OC)CCC4C3)c(F)cc2C1. The molecule has 0 radical (unpaired) electrons. The quantitative estimate of drug-likeness (QED) is 0.469. The maximum absolute atomic E-state index is 15.1. The van der Waals surface area contributed by atoms with Crippen LogP contribution >= 0.6 is 0 Å². The second kappa shape index (κ2) is 9.28. The summed E-state index contributed by atoms with van der Waals surface area (Å²) < 4.78 is 20.7. The molecule has 3 aliphatic carbocycles. The van der Waals surface area contributed by atoms with Gasteiger partial charge in [0.1, 0.15) is 5.82 Å². The first-order valence-corrected chi connectivity index (χ1v) is 12.0. The van der Waals surface area contributed by atoms with E-state index >= 15 is 4.39 Å². The van der Waals surface area contributed by atoms with E-state index in [4.69, 9.17) is 4.74 Å². The third kappa shape index (κ3) is 4.48. The largest absolute Gasteiger partial charge is 0.381 e. The topological polar surface area (TPSA) is 9.23 Å². The molecular weight excluding hydrogens is 347 g/mol. The van der Waals surface area contributed by atoms with Crippen LogP contribution in [0.3, 0.4) is 0 Å². The summed E-state index contributed by atoms with van der Waals surface area (Å²) in [6, 6.07) is 4.20. The van der Waals surface area contributed by atoms with Gasteiger partial charge in [-0.2, -0.15) is 0 Å². The number of hydrogen-bond donors (Lipinski definition) is 0. The van der Waals surface area contributed by atoms with E-state index in [1.807, 2.05) is 13.2 Å². The Morgan fingerprint density at radius 2 is 1.79 bits per heavy atom. The Bertz CT molecular complexity index is 654. The number of unbranched alkanes of at least 4 members (excludes halogenated alkanes) is 2. The van der Waals surface area contributed by atoms with Crippen LogP contribution in [-0.4, -0.2) is 13.2 Å². The highest BCUT2D eigenvalue weighted by atomic mass is 19.1. The van der Waals surface area contributed by atoms with E-state index in [-0.39, 0.29) is 5.82 Å². The number of methoxy groups -OCH3 is 1. The number of rotatable bonds is 6. The van der Waals surface area contributed by atoms with E-state index in [2.05, 4.69) is 13.0 Å². The highest BCUT2D eigenvalue weighted by Gasteiger charge is 2.37. The predicted molar refractivity (Wildman–Crippen MR) is 114 cm³/mol. The predicted octanol–water partition coefficient (Wildman–Crippen LogP) is 7.21. The lowest BCUT2D eigenvalue weighted by Gasteiger charge is -2.42. The minimum Gasteiger partial charge on any atom is -0.381 e.